The normalized spacial score (nSPS) is 13.2. The predicted octanol–water partition coefficient (Wildman–Crippen LogP) is 3.49. The van der Waals surface area contributed by atoms with Crippen LogP contribution in [0.25, 0.3) is 0 Å². The molecule has 1 atom stereocenters. The van der Waals surface area contributed by atoms with Gasteiger partial charge in [0.25, 0.3) is 5.91 Å². The topological polar surface area (TPSA) is 29.1 Å². The highest BCUT2D eigenvalue weighted by Gasteiger charge is 2.24. The van der Waals surface area contributed by atoms with E-state index in [0.717, 1.165) is 12.0 Å². The van der Waals surface area contributed by atoms with Crippen LogP contribution in [0.15, 0.2) is 30.3 Å². The maximum Gasteiger partial charge on any atom is 0.251 e. The summed E-state index contributed by atoms with van der Waals surface area (Å²) in [5, 5.41) is 3.08. The maximum absolute atomic E-state index is 11.9. The van der Waals surface area contributed by atoms with Gasteiger partial charge in [-0.3, -0.25) is 4.79 Å². The lowest BCUT2D eigenvalue weighted by molar-refractivity contribution is 0.0900. The Kier molecular flexibility index (Phi) is 4.11. The number of nitrogens with one attached hydrogen (secondary N) is 1. The number of hydrogen-bond acceptors (Lipinski definition) is 1. The molecule has 0 aliphatic heterocycles. The van der Waals surface area contributed by atoms with Gasteiger partial charge >= 0.3 is 0 Å². The molecule has 1 aromatic rings. The number of amides is 1. The first-order valence-corrected chi connectivity index (χ1v) is 5.81. The number of rotatable bonds is 3. The van der Waals surface area contributed by atoms with E-state index in [1.165, 1.54) is 0 Å². The fourth-order valence-electron chi connectivity index (χ4n) is 1.76. The average molecular weight is 221 g/mol. The first kappa shape index (κ1) is 12.8. The standard InChI is InChI=1S/C14H21NO.H2/c1-5-12(14(2,3)4)15-13(16)11-9-7-6-8-10-11;/h6-10,12H,5H2,1-4H3,(H,15,16);1H. The molecule has 1 rings (SSSR count). The lowest BCUT2D eigenvalue weighted by Gasteiger charge is -2.30. The van der Waals surface area contributed by atoms with Crippen molar-refractivity contribution in [3.8, 4) is 0 Å². The van der Waals surface area contributed by atoms with Gasteiger partial charge in [0.15, 0.2) is 0 Å². The molecule has 0 saturated carbocycles. The van der Waals surface area contributed by atoms with Crippen LogP contribution in [0.3, 0.4) is 0 Å². The van der Waals surface area contributed by atoms with Crippen molar-refractivity contribution in [3.63, 3.8) is 0 Å². The summed E-state index contributed by atoms with van der Waals surface area (Å²) in [7, 11) is 0. The zero-order valence-electron chi connectivity index (χ0n) is 10.6. The van der Waals surface area contributed by atoms with Crippen LogP contribution >= 0.6 is 0 Å². The van der Waals surface area contributed by atoms with Gasteiger partial charge in [-0.25, -0.2) is 0 Å². The number of carbonyl (C=O) groups is 1. The van der Waals surface area contributed by atoms with Crippen molar-refractivity contribution in [1.29, 1.82) is 0 Å². The predicted molar refractivity (Wildman–Crippen MR) is 69.6 cm³/mol. The van der Waals surface area contributed by atoms with Crippen molar-refractivity contribution < 1.29 is 6.22 Å². The Bertz CT molecular complexity index is 343. The van der Waals surface area contributed by atoms with Crippen molar-refractivity contribution in [2.45, 2.75) is 40.2 Å². The molecule has 0 radical (unpaired) electrons. The number of benzene rings is 1. The van der Waals surface area contributed by atoms with Crippen LogP contribution in [0.5, 0.6) is 0 Å². The maximum atomic E-state index is 11.9. The van der Waals surface area contributed by atoms with Gasteiger partial charge in [0.05, 0.1) is 0 Å². The monoisotopic (exact) mass is 221 g/mol. The zero-order chi connectivity index (χ0) is 12.2. The van der Waals surface area contributed by atoms with Gasteiger partial charge in [-0.1, -0.05) is 45.9 Å². The van der Waals surface area contributed by atoms with E-state index >= 15 is 0 Å². The molecule has 2 nitrogen and oxygen atoms in total. The molecule has 16 heavy (non-hydrogen) atoms. The van der Waals surface area contributed by atoms with Crippen molar-refractivity contribution in [2.75, 3.05) is 0 Å². The highest BCUT2D eigenvalue weighted by molar-refractivity contribution is 5.94. The minimum Gasteiger partial charge on any atom is -0.349 e. The van der Waals surface area contributed by atoms with Crippen LogP contribution in [0.4, 0.5) is 0 Å². The fraction of sp³-hybridized carbons (Fsp3) is 0.500. The summed E-state index contributed by atoms with van der Waals surface area (Å²) in [6, 6.07) is 9.56. The molecule has 1 unspecified atom stereocenters. The van der Waals surface area contributed by atoms with Gasteiger partial charge in [-0.05, 0) is 24.0 Å². The van der Waals surface area contributed by atoms with Crippen LogP contribution in [0.2, 0.25) is 0 Å². The summed E-state index contributed by atoms with van der Waals surface area (Å²) in [6.07, 6.45) is 0.947. The third-order valence-electron chi connectivity index (χ3n) is 2.79. The van der Waals surface area contributed by atoms with Crippen LogP contribution in [-0.4, -0.2) is 11.9 Å². The second-order valence-corrected chi connectivity index (χ2v) is 5.17. The highest BCUT2D eigenvalue weighted by Crippen LogP contribution is 2.21. The molecule has 90 valence electrons. The van der Waals surface area contributed by atoms with E-state index < -0.39 is 0 Å². The van der Waals surface area contributed by atoms with Crippen LogP contribution in [-0.2, 0) is 0 Å². The van der Waals surface area contributed by atoms with E-state index in [1.54, 1.807) is 0 Å². The fourth-order valence-corrected chi connectivity index (χ4v) is 1.76. The molecule has 2 heteroatoms. The molecule has 0 spiro atoms. The third kappa shape index (κ3) is 3.37. The van der Waals surface area contributed by atoms with Gasteiger partial charge in [0.1, 0.15) is 0 Å². The smallest absolute Gasteiger partial charge is 0.251 e. The lowest BCUT2D eigenvalue weighted by Crippen LogP contribution is -2.43. The van der Waals surface area contributed by atoms with E-state index in [9.17, 15) is 4.79 Å². The summed E-state index contributed by atoms with van der Waals surface area (Å²) < 4.78 is 0. The van der Waals surface area contributed by atoms with Crippen molar-refractivity contribution >= 4 is 5.91 Å². The Morgan fingerprint density at radius 2 is 1.88 bits per heavy atom. The molecule has 0 saturated heterocycles. The summed E-state index contributed by atoms with van der Waals surface area (Å²) in [5.41, 5.74) is 0.823. The molecule has 0 aliphatic carbocycles. The molecule has 1 N–H and O–H groups in total. The molecule has 0 heterocycles. The second-order valence-electron chi connectivity index (χ2n) is 5.17. The Hall–Kier alpha value is -1.31. The zero-order valence-corrected chi connectivity index (χ0v) is 10.6. The first-order chi connectivity index (χ1) is 7.45. The molecule has 1 amide bonds. The summed E-state index contributed by atoms with van der Waals surface area (Å²) >= 11 is 0. The SMILES string of the molecule is CCC(NC(=O)c1ccccc1)C(C)(C)C.[HH]. The molecule has 0 aliphatic rings. The second kappa shape index (κ2) is 5.15. The molecule has 0 fully saturated rings. The quantitative estimate of drug-likeness (QED) is 0.831. The van der Waals surface area contributed by atoms with Gasteiger partial charge in [-0.2, -0.15) is 0 Å². The van der Waals surface area contributed by atoms with Gasteiger partial charge in [0, 0.05) is 13.0 Å². The highest BCUT2D eigenvalue weighted by atomic mass is 16.1. The third-order valence-corrected chi connectivity index (χ3v) is 2.79. The van der Waals surface area contributed by atoms with E-state index in [-0.39, 0.29) is 18.8 Å². The molecule has 1 aromatic carbocycles. The van der Waals surface area contributed by atoms with E-state index in [0.29, 0.717) is 0 Å². The van der Waals surface area contributed by atoms with Crippen LogP contribution < -0.4 is 5.32 Å². The average Bonchev–Trinajstić information content (AvgIpc) is 2.25. The summed E-state index contributed by atoms with van der Waals surface area (Å²) in [4.78, 5) is 11.9. The van der Waals surface area contributed by atoms with Crippen molar-refractivity contribution in [1.82, 2.24) is 5.32 Å². The van der Waals surface area contributed by atoms with E-state index in [2.05, 4.69) is 33.0 Å². The first-order valence-electron chi connectivity index (χ1n) is 5.81. The summed E-state index contributed by atoms with van der Waals surface area (Å²) in [6.45, 7) is 8.53. The lowest BCUT2D eigenvalue weighted by atomic mass is 9.85. The Morgan fingerprint density at radius 1 is 1.31 bits per heavy atom. The van der Waals surface area contributed by atoms with Crippen LogP contribution in [0, 0.1) is 5.41 Å². The van der Waals surface area contributed by atoms with E-state index in [4.69, 9.17) is 0 Å². The molecule has 0 aromatic heterocycles. The van der Waals surface area contributed by atoms with Crippen LogP contribution in [0.1, 0.15) is 45.9 Å². The number of carbonyl (C=O) groups excluding carboxylic acids is 1. The van der Waals surface area contributed by atoms with Crippen molar-refractivity contribution in [3.05, 3.63) is 35.9 Å². The minimum absolute atomic E-state index is 0. The molecular formula is C14H23NO. The Morgan fingerprint density at radius 3 is 2.31 bits per heavy atom. The Labute approximate surface area is 99.5 Å². The van der Waals surface area contributed by atoms with Gasteiger partial charge in [-0.15, -0.1) is 0 Å². The molecular weight excluding hydrogens is 198 g/mol. The number of hydrogen-bond donors (Lipinski definition) is 1. The van der Waals surface area contributed by atoms with Crippen molar-refractivity contribution in [2.24, 2.45) is 5.41 Å². The minimum atomic E-state index is 0. The van der Waals surface area contributed by atoms with E-state index in [1.807, 2.05) is 30.3 Å². The summed E-state index contributed by atoms with van der Waals surface area (Å²) in [5.74, 6) is 0.0161. The Balaban J connectivity index is 0.00000256. The molecule has 0 bridgehead atoms. The largest absolute Gasteiger partial charge is 0.349 e. The van der Waals surface area contributed by atoms with Gasteiger partial charge < -0.3 is 5.32 Å². The van der Waals surface area contributed by atoms with Gasteiger partial charge in [0.2, 0.25) is 0 Å².